The topological polar surface area (TPSA) is 40.5 Å². The van der Waals surface area contributed by atoms with Gasteiger partial charge in [0.15, 0.2) is 0 Å². The molecule has 0 unspecified atom stereocenters. The van der Waals surface area contributed by atoms with Gasteiger partial charge in [0.2, 0.25) is 0 Å². The molecule has 0 fully saturated rings. The Morgan fingerprint density at radius 1 is 1.00 bits per heavy atom. The summed E-state index contributed by atoms with van der Waals surface area (Å²) in [5.41, 5.74) is 0. The van der Waals surface area contributed by atoms with Crippen LogP contribution >= 0.6 is 0 Å². The van der Waals surface area contributed by atoms with Crippen LogP contribution in [0.5, 0.6) is 0 Å². The number of halogens is 1. The Labute approximate surface area is 66.1 Å². The largest absolute Gasteiger partial charge is 1.00 e. The van der Waals surface area contributed by atoms with Gasteiger partial charge in [-0.25, -0.2) is 0 Å². The number of rotatable bonds is 1. The molecule has 0 aliphatic carbocycles. The molecule has 0 aliphatic heterocycles. The van der Waals surface area contributed by atoms with Gasteiger partial charge in [-0.1, -0.05) is 0 Å². The van der Waals surface area contributed by atoms with Crippen LogP contribution in [0.2, 0.25) is 0 Å². The first-order valence-corrected chi connectivity index (χ1v) is 1.13. The average molecular weight is 196 g/mol. The van der Waals surface area contributed by atoms with Crippen molar-refractivity contribution in [1.82, 2.24) is 0 Å². The van der Waals surface area contributed by atoms with E-state index in [1.165, 1.54) is 0 Å². The normalized spacial score (nSPS) is 5.00. The van der Waals surface area contributed by atoms with E-state index in [4.69, 9.17) is 10.2 Å². The standard InChI is InChI=1S/C2H6O2.HI.Li/c3-1-2-4;;/h3-4H,1-2H2;1H;/q;;+1/p-1. The van der Waals surface area contributed by atoms with E-state index in [9.17, 15) is 0 Å². The van der Waals surface area contributed by atoms with E-state index in [0.29, 0.717) is 0 Å². The van der Waals surface area contributed by atoms with E-state index in [2.05, 4.69) is 0 Å². The van der Waals surface area contributed by atoms with Gasteiger partial charge in [-0.05, 0) is 0 Å². The molecule has 0 aliphatic rings. The summed E-state index contributed by atoms with van der Waals surface area (Å²) in [5.74, 6) is 0. The SMILES string of the molecule is OCCO.[I-].[Li+]. The van der Waals surface area contributed by atoms with E-state index in [-0.39, 0.29) is 56.1 Å². The van der Waals surface area contributed by atoms with Crippen LogP contribution in [0.4, 0.5) is 0 Å². The van der Waals surface area contributed by atoms with E-state index in [0.717, 1.165) is 0 Å². The van der Waals surface area contributed by atoms with Crippen molar-refractivity contribution in [3.63, 3.8) is 0 Å². The molecule has 0 atom stereocenters. The molecule has 2 nitrogen and oxygen atoms in total. The Bertz CT molecular complexity index is 13.5. The fourth-order valence-corrected chi connectivity index (χ4v) is 0. The molecule has 0 aromatic rings. The predicted octanol–water partition coefficient (Wildman–Crippen LogP) is -7.02. The number of hydrogen-bond acceptors (Lipinski definition) is 2. The van der Waals surface area contributed by atoms with Crippen LogP contribution < -0.4 is 42.8 Å². The molecule has 0 saturated carbocycles. The van der Waals surface area contributed by atoms with Gasteiger partial charge in [0.05, 0.1) is 13.2 Å². The van der Waals surface area contributed by atoms with Crippen molar-refractivity contribution < 1.29 is 53.1 Å². The molecule has 0 heterocycles. The molecule has 0 aromatic heterocycles. The summed E-state index contributed by atoms with van der Waals surface area (Å²) in [6.07, 6.45) is 0. The number of hydrogen-bond donors (Lipinski definition) is 2. The Morgan fingerprint density at radius 3 is 1.17 bits per heavy atom. The van der Waals surface area contributed by atoms with Gasteiger partial charge in [-0.2, -0.15) is 0 Å². The van der Waals surface area contributed by atoms with Crippen LogP contribution in [0.25, 0.3) is 0 Å². The monoisotopic (exact) mass is 196 g/mol. The third-order valence-electron chi connectivity index (χ3n) is 0.1000. The molecule has 0 radical (unpaired) electrons. The van der Waals surface area contributed by atoms with Gasteiger partial charge in [-0.3, -0.25) is 0 Å². The zero-order valence-electron chi connectivity index (χ0n) is 3.69. The smallest absolute Gasteiger partial charge is 1.00 e. The van der Waals surface area contributed by atoms with Crippen LogP contribution in [-0.4, -0.2) is 23.4 Å². The van der Waals surface area contributed by atoms with Crippen LogP contribution in [0.3, 0.4) is 0 Å². The molecule has 0 amide bonds. The molecular weight excluding hydrogens is 190 g/mol. The third-order valence-corrected chi connectivity index (χ3v) is 0.1000. The maximum absolute atomic E-state index is 7.62. The molecule has 34 valence electrons. The fourth-order valence-electron chi connectivity index (χ4n) is 0. The first kappa shape index (κ1) is 15.7. The van der Waals surface area contributed by atoms with E-state index in [1.807, 2.05) is 0 Å². The summed E-state index contributed by atoms with van der Waals surface area (Å²) in [4.78, 5) is 0. The molecule has 2 N–H and O–H groups in total. The predicted molar refractivity (Wildman–Crippen MR) is 14.2 cm³/mol. The van der Waals surface area contributed by atoms with Gasteiger partial charge < -0.3 is 34.2 Å². The van der Waals surface area contributed by atoms with E-state index in [1.54, 1.807) is 0 Å². The van der Waals surface area contributed by atoms with Crippen LogP contribution in [-0.2, 0) is 0 Å². The van der Waals surface area contributed by atoms with Crippen molar-refractivity contribution in [2.24, 2.45) is 0 Å². The van der Waals surface area contributed by atoms with Gasteiger partial charge in [0.25, 0.3) is 0 Å². The second kappa shape index (κ2) is 16.3. The van der Waals surface area contributed by atoms with Crippen molar-refractivity contribution in [2.45, 2.75) is 0 Å². The molecule has 4 heteroatoms. The Hall–Kier alpha value is 1.25. The summed E-state index contributed by atoms with van der Waals surface area (Å²) in [5, 5.41) is 15.2. The van der Waals surface area contributed by atoms with Crippen molar-refractivity contribution in [3.05, 3.63) is 0 Å². The minimum Gasteiger partial charge on any atom is -1.00 e. The quantitative estimate of drug-likeness (QED) is 0.323. The third kappa shape index (κ3) is 18.7. The molecule has 0 rings (SSSR count). The second-order valence-corrected chi connectivity index (χ2v) is 0.447. The summed E-state index contributed by atoms with van der Waals surface area (Å²) in [7, 11) is 0. The molecule has 6 heavy (non-hydrogen) atoms. The minimum atomic E-state index is -0.125. The van der Waals surface area contributed by atoms with Gasteiger partial charge in [-0.15, -0.1) is 0 Å². The van der Waals surface area contributed by atoms with Gasteiger partial charge in [0.1, 0.15) is 0 Å². The maximum atomic E-state index is 7.62. The molecular formula is C2H6ILiO2. The summed E-state index contributed by atoms with van der Waals surface area (Å²) in [6, 6.07) is 0. The van der Waals surface area contributed by atoms with Gasteiger partial charge >= 0.3 is 18.9 Å². The summed E-state index contributed by atoms with van der Waals surface area (Å²) < 4.78 is 0. The zero-order valence-corrected chi connectivity index (χ0v) is 5.84. The van der Waals surface area contributed by atoms with Crippen molar-refractivity contribution in [2.75, 3.05) is 13.2 Å². The Kier molecular flexibility index (Phi) is 42.6. The van der Waals surface area contributed by atoms with Crippen LogP contribution in [0.1, 0.15) is 0 Å². The number of aliphatic hydroxyl groups is 2. The van der Waals surface area contributed by atoms with Crippen molar-refractivity contribution >= 4 is 0 Å². The fraction of sp³-hybridized carbons (Fsp3) is 1.00. The summed E-state index contributed by atoms with van der Waals surface area (Å²) >= 11 is 0. The summed E-state index contributed by atoms with van der Waals surface area (Å²) in [6.45, 7) is -0.250. The first-order valence-electron chi connectivity index (χ1n) is 1.13. The molecule has 0 bridgehead atoms. The van der Waals surface area contributed by atoms with Crippen molar-refractivity contribution in [3.8, 4) is 0 Å². The van der Waals surface area contributed by atoms with Gasteiger partial charge in [0, 0.05) is 0 Å². The van der Waals surface area contributed by atoms with E-state index < -0.39 is 0 Å². The van der Waals surface area contributed by atoms with Crippen LogP contribution in [0.15, 0.2) is 0 Å². The van der Waals surface area contributed by atoms with E-state index >= 15 is 0 Å². The second-order valence-electron chi connectivity index (χ2n) is 0.447. The average Bonchev–Trinajstić information content (AvgIpc) is 1.37. The minimum absolute atomic E-state index is 0. The Morgan fingerprint density at radius 2 is 1.17 bits per heavy atom. The molecule has 0 spiro atoms. The molecule has 0 saturated heterocycles. The first-order chi connectivity index (χ1) is 1.91. The Balaban J connectivity index is -0.0000000450. The maximum Gasteiger partial charge on any atom is 1.00 e. The zero-order chi connectivity index (χ0) is 3.41. The number of aliphatic hydroxyl groups excluding tert-OH is 2. The van der Waals surface area contributed by atoms with Crippen molar-refractivity contribution in [1.29, 1.82) is 0 Å². The molecule has 0 aromatic carbocycles. The van der Waals surface area contributed by atoms with Crippen LogP contribution in [0, 0.1) is 0 Å².